The highest BCUT2D eigenvalue weighted by Crippen LogP contribution is 2.18. The fourth-order valence-corrected chi connectivity index (χ4v) is 2.52. The Labute approximate surface area is 108 Å². The van der Waals surface area contributed by atoms with E-state index in [1.807, 2.05) is 12.1 Å². The zero-order valence-electron chi connectivity index (χ0n) is 10.3. The molecule has 4 heteroatoms. The van der Waals surface area contributed by atoms with Crippen LogP contribution in [-0.4, -0.2) is 35.6 Å². The average molecular weight is 254 g/mol. The summed E-state index contributed by atoms with van der Waals surface area (Å²) in [5, 5.41) is 4.09. The van der Waals surface area contributed by atoms with E-state index >= 15 is 0 Å². The standard InChI is InChI=1S/C13H20ClN3/c1-2-7-17-8-4-11(5-9-17)16-12-3-6-15-13(14)10-12/h3,6,10-11H,2,4-5,7-9H2,1H3,(H,15,16). The quantitative estimate of drug-likeness (QED) is 0.836. The molecule has 1 aliphatic heterocycles. The molecular formula is C13H20ClN3. The molecule has 0 saturated carbocycles. The van der Waals surface area contributed by atoms with Crippen molar-refractivity contribution < 1.29 is 0 Å². The van der Waals surface area contributed by atoms with Gasteiger partial charge in [-0.15, -0.1) is 0 Å². The second-order valence-electron chi connectivity index (χ2n) is 4.63. The highest BCUT2D eigenvalue weighted by Gasteiger charge is 2.18. The Balaban J connectivity index is 1.82. The lowest BCUT2D eigenvalue weighted by atomic mass is 10.0. The number of piperidine rings is 1. The molecule has 0 aliphatic carbocycles. The molecule has 1 aromatic rings. The summed E-state index contributed by atoms with van der Waals surface area (Å²) in [6.45, 7) is 5.87. The van der Waals surface area contributed by atoms with Crippen molar-refractivity contribution in [1.29, 1.82) is 0 Å². The molecule has 1 aliphatic rings. The maximum absolute atomic E-state index is 5.87. The summed E-state index contributed by atoms with van der Waals surface area (Å²) in [6.07, 6.45) is 5.41. The van der Waals surface area contributed by atoms with Gasteiger partial charge < -0.3 is 10.2 Å². The molecule has 1 N–H and O–H groups in total. The molecule has 2 heterocycles. The van der Waals surface area contributed by atoms with E-state index in [0.717, 1.165) is 5.69 Å². The van der Waals surface area contributed by atoms with Gasteiger partial charge in [-0.3, -0.25) is 0 Å². The van der Waals surface area contributed by atoms with Gasteiger partial charge in [0, 0.05) is 31.0 Å². The number of hydrogen-bond acceptors (Lipinski definition) is 3. The fourth-order valence-electron chi connectivity index (χ4n) is 2.35. The number of nitrogens with one attached hydrogen (secondary N) is 1. The second kappa shape index (κ2) is 6.22. The number of halogens is 1. The predicted octanol–water partition coefficient (Wildman–Crippen LogP) is 3.02. The van der Waals surface area contributed by atoms with Gasteiger partial charge in [0.2, 0.25) is 0 Å². The Bertz CT molecular complexity index is 348. The van der Waals surface area contributed by atoms with Gasteiger partial charge in [0.25, 0.3) is 0 Å². The Kier molecular flexibility index (Phi) is 4.63. The Morgan fingerprint density at radius 2 is 2.24 bits per heavy atom. The van der Waals surface area contributed by atoms with Gasteiger partial charge in [-0.2, -0.15) is 0 Å². The second-order valence-corrected chi connectivity index (χ2v) is 5.01. The minimum atomic E-state index is 0.554. The molecule has 3 nitrogen and oxygen atoms in total. The molecule has 0 unspecified atom stereocenters. The first-order valence-corrected chi connectivity index (χ1v) is 6.76. The fraction of sp³-hybridized carbons (Fsp3) is 0.615. The monoisotopic (exact) mass is 253 g/mol. The summed E-state index contributed by atoms with van der Waals surface area (Å²) < 4.78 is 0. The van der Waals surface area contributed by atoms with Crippen molar-refractivity contribution >= 4 is 17.3 Å². The molecule has 1 saturated heterocycles. The normalized spacial score (nSPS) is 18.2. The third-order valence-corrected chi connectivity index (χ3v) is 3.43. The van der Waals surface area contributed by atoms with E-state index < -0.39 is 0 Å². The molecule has 0 spiro atoms. The summed E-state index contributed by atoms with van der Waals surface area (Å²) in [4.78, 5) is 6.53. The van der Waals surface area contributed by atoms with Gasteiger partial charge in [0.1, 0.15) is 5.15 Å². The van der Waals surface area contributed by atoms with Crippen molar-refractivity contribution in [2.24, 2.45) is 0 Å². The van der Waals surface area contributed by atoms with Gasteiger partial charge >= 0.3 is 0 Å². The highest BCUT2D eigenvalue weighted by molar-refractivity contribution is 6.29. The van der Waals surface area contributed by atoms with Gasteiger partial charge in [-0.05, 0) is 37.9 Å². The van der Waals surface area contributed by atoms with Crippen molar-refractivity contribution in [3.8, 4) is 0 Å². The highest BCUT2D eigenvalue weighted by atomic mass is 35.5. The minimum Gasteiger partial charge on any atom is -0.382 e. The van der Waals surface area contributed by atoms with Gasteiger partial charge in [-0.25, -0.2) is 4.98 Å². The zero-order valence-corrected chi connectivity index (χ0v) is 11.1. The first-order chi connectivity index (χ1) is 8.28. The van der Waals surface area contributed by atoms with Crippen LogP contribution in [0.5, 0.6) is 0 Å². The van der Waals surface area contributed by atoms with E-state index in [4.69, 9.17) is 11.6 Å². The van der Waals surface area contributed by atoms with Crippen LogP contribution in [0.1, 0.15) is 26.2 Å². The van der Waals surface area contributed by atoms with Crippen molar-refractivity contribution in [2.75, 3.05) is 25.0 Å². The van der Waals surface area contributed by atoms with E-state index in [0.29, 0.717) is 11.2 Å². The summed E-state index contributed by atoms with van der Waals surface area (Å²) in [7, 11) is 0. The average Bonchev–Trinajstić information content (AvgIpc) is 2.32. The zero-order chi connectivity index (χ0) is 12.1. The maximum Gasteiger partial charge on any atom is 0.131 e. The van der Waals surface area contributed by atoms with Crippen LogP contribution in [0, 0.1) is 0 Å². The van der Waals surface area contributed by atoms with Crippen LogP contribution in [-0.2, 0) is 0 Å². The van der Waals surface area contributed by atoms with Crippen molar-refractivity contribution in [2.45, 2.75) is 32.2 Å². The third-order valence-electron chi connectivity index (χ3n) is 3.22. The van der Waals surface area contributed by atoms with Gasteiger partial charge in [-0.1, -0.05) is 18.5 Å². The van der Waals surface area contributed by atoms with E-state index in [-0.39, 0.29) is 0 Å². The summed E-state index contributed by atoms with van der Waals surface area (Å²) >= 11 is 5.87. The van der Waals surface area contributed by atoms with Crippen LogP contribution < -0.4 is 5.32 Å². The lowest BCUT2D eigenvalue weighted by molar-refractivity contribution is 0.219. The first-order valence-electron chi connectivity index (χ1n) is 6.38. The summed E-state index contributed by atoms with van der Waals surface area (Å²) in [5.41, 5.74) is 1.08. The largest absolute Gasteiger partial charge is 0.382 e. The van der Waals surface area contributed by atoms with Crippen molar-refractivity contribution in [3.05, 3.63) is 23.5 Å². The lowest BCUT2D eigenvalue weighted by Crippen LogP contribution is -2.39. The Morgan fingerprint density at radius 1 is 1.47 bits per heavy atom. The van der Waals surface area contributed by atoms with Gasteiger partial charge in [0.15, 0.2) is 0 Å². The maximum atomic E-state index is 5.87. The number of likely N-dealkylation sites (tertiary alicyclic amines) is 1. The molecule has 94 valence electrons. The van der Waals surface area contributed by atoms with E-state index in [9.17, 15) is 0 Å². The number of nitrogens with zero attached hydrogens (tertiary/aromatic N) is 2. The molecular weight excluding hydrogens is 234 g/mol. The number of rotatable bonds is 4. The number of hydrogen-bond donors (Lipinski definition) is 1. The molecule has 0 bridgehead atoms. The van der Waals surface area contributed by atoms with Crippen LogP contribution in [0.4, 0.5) is 5.69 Å². The molecule has 2 rings (SSSR count). The predicted molar refractivity (Wildman–Crippen MR) is 72.6 cm³/mol. The summed E-state index contributed by atoms with van der Waals surface area (Å²) in [6, 6.07) is 4.44. The van der Waals surface area contributed by atoms with Gasteiger partial charge in [0.05, 0.1) is 0 Å². The molecule has 1 fully saturated rings. The minimum absolute atomic E-state index is 0.554. The number of pyridine rings is 1. The topological polar surface area (TPSA) is 28.2 Å². The van der Waals surface area contributed by atoms with Crippen LogP contribution in [0.15, 0.2) is 18.3 Å². The van der Waals surface area contributed by atoms with Crippen molar-refractivity contribution in [3.63, 3.8) is 0 Å². The molecule has 0 amide bonds. The van der Waals surface area contributed by atoms with E-state index in [2.05, 4.69) is 22.1 Å². The molecule has 17 heavy (non-hydrogen) atoms. The van der Waals surface area contributed by atoms with E-state index in [1.54, 1.807) is 6.20 Å². The molecule has 0 aromatic carbocycles. The summed E-state index contributed by atoms with van der Waals surface area (Å²) in [5.74, 6) is 0. The first kappa shape index (κ1) is 12.7. The molecule has 0 atom stereocenters. The SMILES string of the molecule is CCCN1CCC(Nc2ccnc(Cl)c2)CC1. The Morgan fingerprint density at radius 3 is 2.88 bits per heavy atom. The lowest BCUT2D eigenvalue weighted by Gasteiger charge is -2.32. The van der Waals surface area contributed by atoms with Crippen LogP contribution in [0.2, 0.25) is 5.15 Å². The van der Waals surface area contributed by atoms with Crippen LogP contribution in [0.3, 0.4) is 0 Å². The number of aromatic nitrogens is 1. The van der Waals surface area contributed by atoms with Crippen LogP contribution in [0.25, 0.3) is 0 Å². The van der Waals surface area contributed by atoms with Crippen molar-refractivity contribution in [1.82, 2.24) is 9.88 Å². The third kappa shape index (κ3) is 3.86. The molecule has 1 aromatic heterocycles. The van der Waals surface area contributed by atoms with E-state index in [1.165, 1.54) is 38.9 Å². The van der Waals surface area contributed by atoms with Crippen LogP contribution >= 0.6 is 11.6 Å². The smallest absolute Gasteiger partial charge is 0.131 e. The Hall–Kier alpha value is -0.800. The number of anilines is 1. The molecule has 0 radical (unpaired) electrons.